The Hall–Kier alpha value is -4.10. The van der Waals surface area contributed by atoms with Crippen molar-refractivity contribution in [1.82, 2.24) is 20.1 Å². The van der Waals surface area contributed by atoms with E-state index in [0.717, 1.165) is 11.1 Å². The third-order valence-electron chi connectivity index (χ3n) is 4.95. The molecule has 1 amide bonds. The topological polar surface area (TPSA) is 127 Å². The number of hydrazine groups is 1. The van der Waals surface area contributed by atoms with Gasteiger partial charge in [-0.05, 0) is 55.6 Å². The number of nitrogen functional groups attached to an aromatic ring is 1. The lowest BCUT2D eigenvalue weighted by Gasteiger charge is -2.08. The molecule has 0 bridgehead atoms. The van der Waals surface area contributed by atoms with E-state index in [1.807, 2.05) is 24.3 Å². The Morgan fingerprint density at radius 1 is 0.970 bits per heavy atom. The number of amides is 1. The number of hydrogen-bond acceptors (Lipinski definition) is 6. The van der Waals surface area contributed by atoms with Crippen molar-refractivity contribution in [3.05, 3.63) is 89.7 Å². The fourth-order valence-electron chi connectivity index (χ4n) is 3.19. The summed E-state index contributed by atoms with van der Waals surface area (Å²) in [5.41, 5.74) is 6.07. The van der Waals surface area contributed by atoms with E-state index < -0.39 is 15.9 Å². The first-order chi connectivity index (χ1) is 15.9. The van der Waals surface area contributed by atoms with Crippen LogP contribution in [0.15, 0.2) is 78.0 Å². The lowest BCUT2D eigenvalue weighted by atomic mass is 10.0. The van der Waals surface area contributed by atoms with E-state index in [9.17, 15) is 13.2 Å². The number of fused-ring (bicyclic) bond motifs is 1. The minimum atomic E-state index is -3.48. The average Bonchev–Trinajstić information content (AvgIpc) is 2.87. The molecule has 4 aromatic rings. The van der Waals surface area contributed by atoms with Gasteiger partial charge >= 0.3 is 0 Å². The number of carbonyl (C=O) groups is 1. The van der Waals surface area contributed by atoms with Crippen LogP contribution in [0.25, 0.3) is 22.2 Å². The first-order valence-corrected chi connectivity index (χ1v) is 11.3. The van der Waals surface area contributed by atoms with E-state index in [4.69, 9.17) is 5.84 Å². The van der Waals surface area contributed by atoms with Gasteiger partial charge in [-0.1, -0.05) is 24.0 Å². The van der Waals surface area contributed by atoms with Crippen molar-refractivity contribution in [1.29, 1.82) is 0 Å². The number of rotatable bonds is 4. The minimum absolute atomic E-state index is 0.182. The number of aromatic nitrogens is 2. The normalized spacial score (nSPS) is 11.0. The molecule has 0 spiro atoms. The molecule has 4 rings (SSSR count). The zero-order chi connectivity index (χ0) is 23.4. The number of hydrogen-bond donors (Lipinski definition) is 3. The van der Waals surface area contributed by atoms with E-state index >= 15 is 0 Å². The maximum absolute atomic E-state index is 12.2. The molecule has 0 saturated heterocycles. The van der Waals surface area contributed by atoms with Crippen LogP contribution in [0, 0.1) is 11.8 Å². The maximum atomic E-state index is 12.2. The number of nitrogens with two attached hydrogens (primary N) is 1. The van der Waals surface area contributed by atoms with Crippen molar-refractivity contribution in [2.24, 2.45) is 5.84 Å². The number of nitrogens with one attached hydrogen (secondary N) is 2. The number of nitrogens with zero attached hydrogens (tertiary/aromatic N) is 2. The van der Waals surface area contributed by atoms with Crippen LogP contribution in [0.5, 0.6) is 0 Å². The Kier molecular flexibility index (Phi) is 6.15. The van der Waals surface area contributed by atoms with Crippen molar-refractivity contribution in [2.45, 2.75) is 4.90 Å². The number of carbonyl (C=O) groups excluding carboxylic acids is 1. The quantitative estimate of drug-likeness (QED) is 0.187. The Morgan fingerprint density at radius 2 is 1.61 bits per heavy atom. The molecule has 0 fully saturated rings. The molecule has 164 valence electrons. The van der Waals surface area contributed by atoms with Crippen LogP contribution in [0.1, 0.15) is 21.5 Å². The van der Waals surface area contributed by atoms with Crippen LogP contribution in [0.2, 0.25) is 0 Å². The first kappa shape index (κ1) is 22.1. The van der Waals surface area contributed by atoms with Gasteiger partial charge in [-0.3, -0.25) is 15.2 Å². The molecule has 0 radical (unpaired) electrons. The fraction of sp³-hybridized carbons (Fsp3) is 0.0417. The summed E-state index contributed by atoms with van der Waals surface area (Å²) in [6, 6.07) is 17.2. The molecule has 0 aliphatic rings. The van der Waals surface area contributed by atoms with Gasteiger partial charge in [-0.15, -0.1) is 0 Å². The van der Waals surface area contributed by atoms with Gasteiger partial charge in [0.1, 0.15) is 0 Å². The zero-order valence-corrected chi connectivity index (χ0v) is 18.3. The summed E-state index contributed by atoms with van der Waals surface area (Å²) in [6.07, 6.45) is 3.19. The summed E-state index contributed by atoms with van der Waals surface area (Å²) in [7, 11) is -2.11. The molecule has 0 unspecified atom stereocenters. The highest BCUT2D eigenvalue weighted by Crippen LogP contribution is 2.24. The Labute approximate surface area is 190 Å². The van der Waals surface area contributed by atoms with Crippen LogP contribution in [0.3, 0.4) is 0 Å². The monoisotopic (exact) mass is 457 g/mol. The summed E-state index contributed by atoms with van der Waals surface area (Å²) >= 11 is 0. The molecular formula is C24H19N5O3S. The van der Waals surface area contributed by atoms with Crippen LogP contribution >= 0.6 is 0 Å². The lowest BCUT2D eigenvalue weighted by molar-refractivity contribution is 0.0955. The smallest absolute Gasteiger partial charge is 0.265 e. The first-order valence-electron chi connectivity index (χ1n) is 9.83. The maximum Gasteiger partial charge on any atom is 0.265 e. The molecule has 0 saturated carbocycles. The number of sulfonamides is 1. The van der Waals surface area contributed by atoms with Gasteiger partial charge in [0.25, 0.3) is 5.91 Å². The molecule has 8 nitrogen and oxygen atoms in total. The number of pyridine rings is 2. The second-order valence-corrected chi connectivity index (χ2v) is 8.87. The highest BCUT2D eigenvalue weighted by Gasteiger charge is 2.13. The predicted octanol–water partition coefficient (Wildman–Crippen LogP) is 2.21. The van der Waals surface area contributed by atoms with Crippen LogP contribution in [0.4, 0.5) is 0 Å². The van der Waals surface area contributed by atoms with Crippen molar-refractivity contribution >= 4 is 26.8 Å². The molecule has 0 aliphatic carbocycles. The van der Waals surface area contributed by atoms with Crippen LogP contribution in [-0.4, -0.2) is 31.3 Å². The second kappa shape index (κ2) is 9.18. The van der Waals surface area contributed by atoms with Gasteiger partial charge in [0.2, 0.25) is 10.0 Å². The summed E-state index contributed by atoms with van der Waals surface area (Å²) in [5, 5.41) is 0.611. The Balaban J connectivity index is 1.61. The van der Waals surface area contributed by atoms with Gasteiger partial charge in [0.15, 0.2) is 0 Å². The van der Waals surface area contributed by atoms with E-state index in [-0.39, 0.29) is 4.90 Å². The molecule has 33 heavy (non-hydrogen) atoms. The molecule has 9 heteroatoms. The molecule has 2 aromatic carbocycles. The van der Waals surface area contributed by atoms with E-state index in [1.54, 1.807) is 36.7 Å². The van der Waals surface area contributed by atoms with Crippen LogP contribution < -0.4 is 16.0 Å². The third-order valence-corrected chi connectivity index (χ3v) is 6.38. The highest BCUT2D eigenvalue weighted by atomic mass is 32.2. The molecule has 2 aromatic heterocycles. The van der Waals surface area contributed by atoms with E-state index in [0.29, 0.717) is 27.7 Å². The largest absolute Gasteiger partial charge is 0.290 e. The van der Waals surface area contributed by atoms with Gasteiger partial charge in [-0.25, -0.2) is 24.0 Å². The molecule has 0 aliphatic heterocycles. The zero-order valence-electron chi connectivity index (χ0n) is 17.5. The second-order valence-electron chi connectivity index (χ2n) is 6.98. The standard InChI is InChI=1S/C24H19N5O3S/c1-26-33(31,32)19-10-6-17(7-11-19)3-2-16-4-8-18(9-5-16)23-14-20(24(30)29-25)21-15-27-13-12-22(21)28-23/h4-15,26H,25H2,1H3,(H,29,30). The van der Waals surface area contributed by atoms with Crippen molar-refractivity contribution in [2.75, 3.05) is 7.05 Å². The molecular weight excluding hydrogens is 438 g/mol. The van der Waals surface area contributed by atoms with Gasteiger partial charge in [-0.2, -0.15) is 0 Å². The number of benzene rings is 2. The molecule has 4 N–H and O–H groups in total. The lowest BCUT2D eigenvalue weighted by Crippen LogP contribution is -2.30. The molecule has 0 atom stereocenters. The van der Waals surface area contributed by atoms with Crippen molar-refractivity contribution < 1.29 is 13.2 Å². The summed E-state index contributed by atoms with van der Waals surface area (Å²) in [6.45, 7) is 0. The summed E-state index contributed by atoms with van der Waals surface area (Å²) in [4.78, 5) is 21.1. The highest BCUT2D eigenvalue weighted by molar-refractivity contribution is 7.89. The fourth-order valence-corrected chi connectivity index (χ4v) is 3.92. The minimum Gasteiger partial charge on any atom is -0.290 e. The summed E-state index contributed by atoms with van der Waals surface area (Å²) < 4.78 is 25.9. The third kappa shape index (κ3) is 4.73. The SMILES string of the molecule is CNS(=O)(=O)c1ccc(C#Cc2ccc(-c3cc(C(=O)NN)c4cnccc4n3)cc2)cc1. The van der Waals surface area contributed by atoms with E-state index in [2.05, 4.69) is 32.0 Å². The van der Waals surface area contributed by atoms with Crippen LogP contribution in [-0.2, 0) is 10.0 Å². The van der Waals surface area contributed by atoms with Gasteiger partial charge in [0.05, 0.1) is 21.7 Å². The predicted molar refractivity (Wildman–Crippen MR) is 125 cm³/mol. The Bertz CT molecular complexity index is 1500. The molecule has 2 heterocycles. The Morgan fingerprint density at radius 3 is 2.21 bits per heavy atom. The summed E-state index contributed by atoms with van der Waals surface area (Å²) in [5.74, 6) is 11.0. The van der Waals surface area contributed by atoms with Crippen molar-refractivity contribution in [3.63, 3.8) is 0 Å². The van der Waals surface area contributed by atoms with Gasteiger partial charge < -0.3 is 0 Å². The van der Waals surface area contributed by atoms with Gasteiger partial charge in [0, 0.05) is 34.5 Å². The van der Waals surface area contributed by atoms with E-state index in [1.165, 1.54) is 19.2 Å². The average molecular weight is 458 g/mol. The van der Waals surface area contributed by atoms with Crippen molar-refractivity contribution in [3.8, 4) is 23.1 Å².